The number of benzene rings is 3. The number of sulfonamides is 1. The first-order chi connectivity index (χ1) is 17.8. The summed E-state index contributed by atoms with van der Waals surface area (Å²) in [6.45, 7) is 0.404. The van der Waals surface area contributed by atoms with Crippen LogP contribution in [0.5, 0.6) is 0 Å². The number of para-hydroxylation sites is 1. The minimum absolute atomic E-state index is 0.172. The molecule has 9 heteroatoms. The predicted octanol–water partition coefficient (Wildman–Crippen LogP) is 3.88. The summed E-state index contributed by atoms with van der Waals surface area (Å²) in [5, 5.41) is 4.35. The molecule has 37 heavy (non-hydrogen) atoms. The topological polar surface area (TPSA) is 96.0 Å². The molecule has 0 spiro atoms. The van der Waals surface area contributed by atoms with Gasteiger partial charge in [0.2, 0.25) is 5.91 Å². The second kappa shape index (κ2) is 11.2. The van der Waals surface area contributed by atoms with Crippen molar-refractivity contribution in [1.82, 2.24) is 5.32 Å². The monoisotopic (exact) mass is 523 g/mol. The van der Waals surface area contributed by atoms with E-state index in [0.29, 0.717) is 43.3 Å². The standard InChI is InChI=1S/C28H33N3O5S/c1-30(2)24-15-9-13-22-21(24)12-10-16-26(22)37(34,35)31-23-14-7-6-11-20(23)19-25(31)28(33)29-18-8-4-5-17-27(32)36-3/h6-7,9-16,25H,4-5,8,17-19H2,1-3H3,(H,29,33)/t25-/m0/s1. The number of ether oxygens (including phenoxy) is 1. The summed E-state index contributed by atoms with van der Waals surface area (Å²) in [7, 11) is 1.14. The Morgan fingerprint density at radius 1 is 0.973 bits per heavy atom. The summed E-state index contributed by atoms with van der Waals surface area (Å²) in [4.78, 5) is 26.7. The van der Waals surface area contributed by atoms with E-state index in [4.69, 9.17) is 0 Å². The van der Waals surface area contributed by atoms with E-state index in [1.165, 1.54) is 11.4 Å². The fraction of sp³-hybridized carbons (Fsp3) is 0.357. The number of amides is 1. The molecule has 0 radical (unpaired) electrons. The van der Waals surface area contributed by atoms with Gasteiger partial charge in [-0.05, 0) is 36.6 Å². The number of unbranched alkanes of at least 4 members (excludes halogenated alkanes) is 2. The van der Waals surface area contributed by atoms with Crippen LogP contribution in [0.4, 0.5) is 11.4 Å². The average Bonchev–Trinajstić information content (AvgIpc) is 3.30. The van der Waals surface area contributed by atoms with Crippen LogP contribution in [0.2, 0.25) is 0 Å². The van der Waals surface area contributed by atoms with Gasteiger partial charge in [0.1, 0.15) is 6.04 Å². The van der Waals surface area contributed by atoms with Crippen LogP contribution in [0.25, 0.3) is 10.8 Å². The molecule has 0 bridgehead atoms. The first-order valence-electron chi connectivity index (χ1n) is 12.4. The summed E-state index contributed by atoms with van der Waals surface area (Å²) in [6, 6.07) is 17.2. The highest BCUT2D eigenvalue weighted by molar-refractivity contribution is 7.93. The first-order valence-corrected chi connectivity index (χ1v) is 13.9. The van der Waals surface area contributed by atoms with Crippen molar-refractivity contribution in [2.24, 2.45) is 0 Å². The molecule has 0 saturated carbocycles. The maximum absolute atomic E-state index is 14.2. The van der Waals surface area contributed by atoms with Crippen LogP contribution in [-0.4, -0.2) is 54.1 Å². The Morgan fingerprint density at radius 2 is 1.70 bits per heavy atom. The van der Waals surface area contributed by atoms with Gasteiger partial charge in [0.25, 0.3) is 10.0 Å². The number of hydrogen-bond donors (Lipinski definition) is 1. The molecule has 0 fully saturated rings. The minimum Gasteiger partial charge on any atom is -0.469 e. The van der Waals surface area contributed by atoms with Gasteiger partial charge in [-0.2, -0.15) is 0 Å². The molecule has 1 N–H and O–H groups in total. The SMILES string of the molecule is COC(=O)CCCCCNC(=O)[C@@H]1Cc2ccccc2N1S(=O)(=O)c1cccc2c(N(C)C)cccc12. The fourth-order valence-corrected chi connectivity index (χ4v) is 6.70. The molecule has 1 atom stereocenters. The summed E-state index contributed by atoms with van der Waals surface area (Å²) in [5.41, 5.74) is 2.26. The van der Waals surface area contributed by atoms with Crippen molar-refractivity contribution in [3.05, 3.63) is 66.2 Å². The van der Waals surface area contributed by atoms with Crippen molar-refractivity contribution in [3.8, 4) is 0 Å². The molecule has 0 saturated heterocycles. The van der Waals surface area contributed by atoms with Gasteiger partial charge in [0, 0.05) is 49.9 Å². The number of methoxy groups -OCH3 is 1. The quantitative estimate of drug-likeness (QED) is 0.320. The van der Waals surface area contributed by atoms with Crippen molar-refractivity contribution in [3.63, 3.8) is 0 Å². The van der Waals surface area contributed by atoms with Crippen molar-refractivity contribution in [1.29, 1.82) is 0 Å². The molecule has 4 rings (SSSR count). The normalized spacial score (nSPS) is 14.9. The number of nitrogens with one attached hydrogen (secondary N) is 1. The third kappa shape index (κ3) is 5.41. The van der Waals surface area contributed by atoms with Crippen LogP contribution in [0.3, 0.4) is 0 Å². The number of carbonyl (C=O) groups excluding carboxylic acids is 2. The van der Waals surface area contributed by atoms with Crippen LogP contribution >= 0.6 is 0 Å². The third-order valence-corrected chi connectivity index (χ3v) is 8.57. The van der Waals surface area contributed by atoms with Gasteiger partial charge < -0.3 is 15.0 Å². The Hall–Kier alpha value is -3.59. The zero-order valence-corrected chi connectivity index (χ0v) is 22.3. The predicted molar refractivity (Wildman–Crippen MR) is 145 cm³/mol. The molecule has 0 aromatic heterocycles. The highest BCUT2D eigenvalue weighted by Gasteiger charge is 2.42. The fourth-order valence-electron chi connectivity index (χ4n) is 4.84. The lowest BCUT2D eigenvalue weighted by atomic mass is 10.1. The van der Waals surface area contributed by atoms with Crippen LogP contribution in [0, 0.1) is 0 Å². The lowest BCUT2D eigenvalue weighted by Gasteiger charge is -2.27. The molecular formula is C28H33N3O5S. The maximum atomic E-state index is 14.2. The molecular weight excluding hydrogens is 490 g/mol. The van der Waals surface area contributed by atoms with Gasteiger partial charge in [0.05, 0.1) is 17.7 Å². The highest BCUT2D eigenvalue weighted by atomic mass is 32.2. The summed E-state index contributed by atoms with van der Waals surface area (Å²) < 4.78 is 34.3. The molecule has 0 aliphatic carbocycles. The zero-order valence-electron chi connectivity index (χ0n) is 21.4. The number of hydrogen-bond acceptors (Lipinski definition) is 6. The third-order valence-electron chi connectivity index (χ3n) is 6.69. The van der Waals surface area contributed by atoms with E-state index in [0.717, 1.165) is 23.1 Å². The number of anilines is 2. The van der Waals surface area contributed by atoms with Gasteiger partial charge in [-0.15, -0.1) is 0 Å². The molecule has 8 nitrogen and oxygen atoms in total. The van der Waals surface area contributed by atoms with Crippen molar-refractivity contribution in [2.45, 2.75) is 43.0 Å². The minimum atomic E-state index is -4.06. The second-order valence-corrected chi connectivity index (χ2v) is 11.1. The van der Waals surface area contributed by atoms with Gasteiger partial charge in [-0.3, -0.25) is 13.9 Å². The number of rotatable bonds is 10. The number of esters is 1. The summed E-state index contributed by atoms with van der Waals surface area (Å²) in [6.07, 6.45) is 2.76. The molecule has 3 aromatic rings. The molecule has 1 aliphatic rings. The van der Waals surface area contributed by atoms with Crippen LogP contribution in [-0.2, 0) is 30.8 Å². The van der Waals surface area contributed by atoms with Crippen molar-refractivity contribution >= 4 is 44.0 Å². The molecule has 1 aliphatic heterocycles. The molecule has 3 aromatic carbocycles. The first kappa shape index (κ1) is 26.5. The van der Waals surface area contributed by atoms with Gasteiger partial charge in [-0.25, -0.2) is 8.42 Å². The van der Waals surface area contributed by atoms with E-state index in [1.807, 2.05) is 49.3 Å². The summed E-state index contributed by atoms with van der Waals surface area (Å²) in [5.74, 6) is -0.582. The lowest BCUT2D eigenvalue weighted by molar-refractivity contribution is -0.140. The Bertz CT molecular complexity index is 1400. The van der Waals surface area contributed by atoms with E-state index >= 15 is 0 Å². The van der Waals surface area contributed by atoms with Gasteiger partial charge in [-0.1, -0.05) is 48.9 Å². The van der Waals surface area contributed by atoms with Crippen LogP contribution < -0.4 is 14.5 Å². The Kier molecular flexibility index (Phi) is 8.02. The van der Waals surface area contributed by atoms with Crippen molar-refractivity contribution < 1.29 is 22.7 Å². The Morgan fingerprint density at radius 3 is 2.46 bits per heavy atom. The van der Waals surface area contributed by atoms with E-state index in [-0.39, 0.29) is 16.8 Å². The average molecular weight is 524 g/mol. The number of carbonyl (C=O) groups is 2. The van der Waals surface area contributed by atoms with Crippen molar-refractivity contribution in [2.75, 3.05) is 37.0 Å². The highest BCUT2D eigenvalue weighted by Crippen LogP contribution is 2.39. The van der Waals surface area contributed by atoms with Gasteiger partial charge in [0.15, 0.2) is 0 Å². The molecule has 0 unspecified atom stereocenters. The largest absolute Gasteiger partial charge is 0.469 e. The van der Waals surface area contributed by atoms with Crippen LogP contribution in [0.15, 0.2) is 65.6 Å². The number of fused-ring (bicyclic) bond motifs is 2. The zero-order chi connectivity index (χ0) is 26.6. The Balaban J connectivity index is 1.61. The maximum Gasteiger partial charge on any atom is 0.305 e. The van der Waals surface area contributed by atoms with E-state index < -0.39 is 16.1 Å². The van der Waals surface area contributed by atoms with E-state index in [2.05, 4.69) is 10.1 Å². The Labute approximate surface area is 218 Å². The van der Waals surface area contributed by atoms with Crippen LogP contribution in [0.1, 0.15) is 31.2 Å². The van der Waals surface area contributed by atoms with E-state index in [9.17, 15) is 18.0 Å². The van der Waals surface area contributed by atoms with Gasteiger partial charge >= 0.3 is 5.97 Å². The lowest BCUT2D eigenvalue weighted by Crippen LogP contribution is -2.48. The molecule has 196 valence electrons. The summed E-state index contributed by atoms with van der Waals surface area (Å²) >= 11 is 0. The second-order valence-electron chi connectivity index (χ2n) is 9.35. The molecule has 1 heterocycles. The smallest absolute Gasteiger partial charge is 0.305 e. The number of nitrogens with zero attached hydrogens (tertiary/aromatic N) is 2. The van der Waals surface area contributed by atoms with E-state index in [1.54, 1.807) is 30.3 Å². The molecule has 1 amide bonds.